The molecule has 9 heteroatoms. The zero-order chi connectivity index (χ0) is 21.4. The Morgan fingerprint density at radius 3 is 2.58 bits per heavy atom. The molecule has 8 nitrogen and oxygen atoms in total. The Balaban J connectivity index is 1.64. The average molecular weight is 430 g/mol. The first-order valence-electron chi connectivity index (χ1n) is 9.65. The zero-order valence-corrected chi connectivity index (χ0v) is 18.0. The van der Waals surface area contributed by atoms with Crippen molar-refractivity contribution >= 4 is 17.4 Å². The second kappa shape index (κ2) is 7.84. The van der Waals surface area contributed by atoms with Crippen molar-refractivity contribution in [3.8, 4) is 22.7 Å². The van der Waals surface area contributed by atoms with Crippen LogP contribution in [0.25, 0.3) is 22.6 Å². The number of fused-ring (bicyclic) bond motifs is 1. The third-order valence-electron chi connectivity index (χ3n) is 4.95. The van der Waals surface area contributed by atoms with Crippen LogP contribution >= 0.6 is 11.8 Å². The van der Waals surface area contributed by atoms with Crippen molar-refractivity contribution in [3.63, 3.8) is 0 Å². The molecule has 0 unspecified atom stereocenters. The lowest BCUT2D eigenvalue weighted by Crippen LogP contribution is -2.03. The molecule has 0 aliphatic heterocycles. The van der Waals surface area contributed by atoms with Crippen LogP contribution < -0.4 is 4.74 Å². The van der Waals surface area contributed by atoms with Crippen molar-refractivity contribution in [3.05, 3.63) is 71.9 Å². The summed E-state index contributed by atoms with van der Waals surface area (Å²) in [7, 11) is 1.66. The number of rotatable bonds is 5. The van der Waals surface area contributed by atoms with Gasteiger partial charge in [-0.1, -0.05) is 17.7 Å². The number of benzene rings is 2. The fraction of sp³-hybridized carbons (Fsp3) is 0.136. The average Bonchev–Trinajstić information content (AvgIpc) is 3.41. The number of imidazole rings is 1. The van der Waals surface area contributed by atoms with Crippen LogP contribution in [0.2, 0.25) is 0 Å². The van der Waals surface area contributed by atoms with E-state index in [0.717, 1.165) is 32.9 Å². The molecular formula is C22H19N7OS. The summed E-state index contributed by atoms with van der Waals surface area (Å²) in [5.74, 6) is 0.815. The van der Waals surface area contributed by atoms with E-state index in [2.05, 4.69) is 57.2 Å². The number of hydrogen-bond donors (Lipinski definition) is 0. The number of methoxy groups -OCH3 is 1. The Morgan fingerprint density at radius 2 is 1.81 bits per heavy atom. The van der Waals surface area contributed by atoms with Gasteiger partial charge in [-0.2, -0.15) is 0 Å². The Bertz CT molecular complexity index is 1370. The van der Waals surface area contributed by atoms with Crippen LogP contribution in [0.4, 0.5) is 0 Å². The van der Waals surface area contributed by atoms with Gasteiger partial charge in [-0.05, 0) is 84.1 Å². The highest BCUT2D eigenvalue weighted by Gasteiger charge is 2.17. The van der Waals surface area contributed by atoms with Gasteiger partial charge in [0.05, 0.1) is 24.7 Å². The van der Waals surface area contributed by atoms with Crippen LogP contribution in [-0.2, 0) is 0 Å². The van der Waals surface area contributed by atoms with Crippen molar-refractivity contribution in [1.29, 1.82) is 0 Å². The van der Waals surface area contributed by atoms with E-state index >= 15 is 0 Å². The van der Waals surface area contributed by atoms with E-state index in [9.17, 15) is 0 Å². The fourth-order valence-corrected chi connectivity index (χ4v) is 4.28. The molecular weight excluding hydrogens is 410 g/mol. The molecule has 0 spiro atoms. The molecule has 0 amide bonds. The van der Waals surface area contributed by atoms with Gasteiger partial charge >= 0.3 is 0 Å². The zero-order valence-electron chi connectivity index (χ0n) is 17.2. The summed E-state index contributed by atoms with van der Waals surface area (Å²) >= 11 is 1.46. The minimum absolute atomic E-state index is 0.598. The molecule has 0 bridgehead atoms. The smallest absolute Gasteiger partial charge is 0.200 e. The van der Waals surface area contributed by atoms with Gasteiger partial charge in [-0.3, -0.25) is 4.57 Å². The molecule has 0 radical (unpaired) electrons. The summed E-state index contributed by atoms with van der Waals surface area (Å²) in [6.45, 7) is 4.20. The Hall–Kier alpha value is -3.72. The van der Waals surface area contributed by atoms with Gasteiger partial charge in [0.15, 0.2) is 10.8 Å². The highest BCUT2D eigenvalue weighted by atomic mass is 32.2. The molecule has 0 aliphatic rings. The van der Waals surface area contributed by atoms with Crippen LogP contribution in [-0.4, -0.2) is 41.9 Å². The molecule has 3 aromatic heterocycles. The van der Waals surface area contributed by atoms with Crippen LogP contribution in [0.15, 0.2) is 71.0 Å². The van der Waals surface area contributed by atoms with Gasteiger partial charge < -0.3 is 4.74 Å². The number of nitrogens with zero attached hydrogens (tertiary/aromatic N) is 7. The summed E-state index contributed by atoms with van der Waals surface area (Å²) in [6.07, 6.45) is 1.89. The molecule has 0 saturated heterocycles. The monoisotopic (exact) mass is 429 g/mol. The second-order valence-corrected chi connectivity index (χ2v) is 8.07. The lowest BCUT2D eigenvalue weighted by Gasteiger charge is -2.15. The third-order valence-corrected chi connectivity index (χ3v) is 5.85. The van der Waals surface area contributed by atoms with Crippen LogP contribution in [0.1, 0.15) is 11.1 Å². The molecule has 5 aromatic rings. The first-order valence-corrected chi connectivity index (χ1v) is 10.5. The van der Waals surface area contributed by atoms with Crippen molar-refractivity contribution in [2.75, 3.05) is 7.11 Å². The molecule has 31 heavy (non-hydrogen) atoms. The lowest BCUT2D eigenvalue weighted by atomic mass is 10.1. The summed E-state index contributed by atoms with van der Waals surface area (Å²) < 4.78 is 8.88. The van der Waals surface area contributed by atoms with E-state index in [4.69, 9.17) is 9.72 Å². The van der Waals surface area contributed by atoms with Crippen molar-refractivity contribution in [2.24, 2.45) is 0 Å². The Labute approximate surface area is 182 Å². The second-order valence-electron chi connectivity index (χ2n) is 7.08. The van der Waals surface area contributed by atoms with Gasteiger partial charge in [0.25, 0.3) is 0 Å². The fourth-order valence-electron chi connectivity index (χ4n) is 3.44. The van der Waals surface area contributed by atoms with E-state index in [1.54, 1.807) is 7.11 Å². The predicted octanol–water partition coefficient (Wildman–Crippen LogP) is 4.15. The summed E-state index contributed by atoms with van der Waals surface area (Å²) in [5, 5.41) is 17.5. The standard InChI is InChI=1S/C22H19N7OS/c1-14-4-9-18(15(2)12-14)28-19(16-5-7-17(30-3)8-6-16)13-23-22(28)31-21-11-10-20-24-26-27-29(20)25-21/h4-13H,1-3H3. The van der Waals surface area contributed by atoms with E-state index in [-0.39, 0.29) is 0 Å². The maximum atomic E-state index is 5.31. The van der Waals surface area contributed by atoms with Crippen molar-refractivity contribution in [2.45, 2.75) is 24.0 Å². The lowest BCUT2D eigenvalue weighted by molar-refractivity contribution is 0.415. The summed E-state index contributed by atoms with van der Waals surface area (Å²) in [4.78, 5) is 4.73. The van der Waals surface area contributed by atoms with Gasteiger partial charge in [0, 0.05) is 5.56 Å². The SMILES string of the molecule is COc1ccc(-c2cnc(Sc3ccc4nnnn4n3)n2-c2ccc(C)cc2C)cc1. The van der Waals surface area contributed by atoms with Gasteiger partial charge in [0.2, 0.25) is 0 Å². The number of hydrogen-bond acceptors (Lipinski definition) is 7. The molecule has 0 N–H and O–H groups in total. The van der Waals surface area contributed by atoms with Gasteiger partial charge in [-0.15, -0.1) is 14.8 Å². The molecule has 0 aliphatic carbocycles. The molecule has 5 rings (SSSR count). The maximum absolute atomic E-state index is 5.31. The summed E-state index contributed by atoms with van der Waals surface area (Å²) in [6, 6.07) is 18.1. The quantitative estimate of drug-likeness (QED) is 0.415. The first-order chi connectivity index (χ1) is 15.1. The normalized spacial score (nSPS) is 11.2. The molecule has 0 atom stereocenters. The number of tetrazole rings is 1. The highest BCUT2D eigenvalue weighted by molar-refractivity contribution is 7.99. The Kier molecular flexibility index (Phi) is 4.87. The van der Waals surface area contributed by atoms with Crippen LogP contribution in [0, 0.1) is 13.8 Å². The van der Waals surface area contributed by atoms with Crippen LogP contribution in [0.3, 0.4) is 0 Å². The minimum Gasteiger partial charge on any atom is -0.497 e. The van der Waals surface area contributed by atoms with Gasteiger partial charge in [0.1, 0.15) is 10.8 Å². The van der Waals surface area contributed by atoms with Crippen LogP contribution in [0.5, 0.6) is 5.75 Å². The molecule has 0 fully saturated rings. The van der Waals surface area contributed by atoms with Crippen molar-refractivity contribution < 1.29 is 4.74 Å². The maximum Gasteiger partial charge on any atom is 0.200 e. The number of aryl methyl sites for hydroxylation is 2. The Morgan fingerprint density at radius 1 is 0.968 bits per heavy atom. The van der Waals surface area contributed by atoms with Crippen molar-refractivity contribution in [1.82, 2.24) is 34.8 Å². The first kappa shape index (κ1) is 19.3. The van der Waals surface area contributed by atoms with E-state index < -0.39 is 0 Å². The van der Waals surface area contributed by atoms with E-state index in [0.29, 0.717) is 5.65 Å². The van der Waals surface area contributed by atoms with E-state index in [1.807, 2.05) is 42.6 Å². The number of ether oxygens (including phenoxy) is 1. The third kappa shape index (κ3) is 3.64. The largest absolute Gasteiger partial charge is 0.497 e. The van der Waals surface area contributed by atoms with E-state index in [1.165, 1.54) is 27.5 Å². The molecule has 3 heterocycles. The minimum atomic E-state index is 0.598. The summed E-state index contributed by atoms with van der Waals surface area (Å²) in [5.41, 5.74) is 6.08. The number of aromatic nitrogens is 7. The molecule has 2 aromatic carbocycles. The topological polar surface area (TPSA) is 83.0 Å². The predicted molar refractivity (Wildman–Crippen MR) is 118 cm³/mol. The molecule has 154 valence electrons. The highest BCUT2D eigenvalue weighted by Crippen LogP contribution is 2.34. The van der Waals surface area contributed by atoms with Gasteiger partial charge in [-0.25, -0.2) is 4.98 Å². The molecule has 0 saturated carbocycles.